The predicted molar refractivity (Wildman–Crippen MR) is 105 cm³/mol. The smallest absolute Gasteiger partial charge is 0.263 e. The molecule has 2 aromatic rings. The molecule has 0 saturated carbocycles. The van der Waals surface area contributed by atoms with E-state index in [0.29, 0.717) is 24.8 Å². The third kappa shape index (κ3) is 4.20. The minimum atomic E-state index is -3.82. The van der Waals surface area contributed by atoms with Gasteiger partial charge in [-0.15, -0.1) is 0 Å². The molecule has 1 fully saturated rings. The number of aromatic nitrogens is 2. The van der Waals surface area contributed by atoms with E-state index in [9.17, 15) is 13.2 Å². The van der Waals surface area contributed by atoms with E-state index in [1.54, 1.807) is 20.2 Å². The number of nitrogens with zero attached hydrogens (tertiary/aromatic N) is 3. The number of benzene rings is 1. The number of amides is 1. The molecule has 0 spiro atoms. The molecule has 28 heavy (non-hydrogen) atoms. The molecule has 1 aromatic carbocycles. The molecular weight excluding hydrogens is 380 g/mol. The van der Waals surface area contributed by atoms with Gasteiger partial charge in [0.1, 0.15) is 5.75 Å². The number of hydrogen-bond acceptors (Lipinski definition) is 5. The van der Waals surface area contributed by atoms with E-state index in [4.69, 9.17) is 4.74 Å². The van der Waals surface area contributed by atoms with E-state index in [2.05, 4.69) is 17.3 Å². The number of ether oxygens (including phenoxy) is 1. The molecule has 9 heteroatoms. The summed E-state index contributed by atoms with van der Waals surface area (Å²) in [5.41, 5.74) is 0.854. The number of aryl methyl sites for hydroxylation is 1. The molecule has 3 rings (SSSR count). The van der Waals surface area contributed by atoms with Crippen molar-refractivity contribution < 1.29 is 17.9 Å². The first-order valence-corrected chi connectivity index (χ1v) is 10.7. The van der Waals surface area contributed by atoms with Gasteiger partial charge in [0.2, 0.25) is 5.03 Å². The van der Waals surface area contributed by atoms with Crippen LogP contribution in [0.4, 0.5) is 0 Å². The van der Waals surface area contributed by atoms with E-state index < -0.39 is 15.9 Å². The Hall–Kier alpha value is -2.39. The lowest BCUT2D eigenvalue weighted by atomic mass is 10.0. The summed E-state index contributed by atoms with van der Waals surface area (Å²) in [6.45, 7) is 3.23. The summed E-state index contributed by atoms with van der Waals surface area (Å²) in [4.78, 5) is 12.7. The van der Waals surface area contributed by atoms with Crippen LogP contribution in [-0.2, 0) is 23.6 Å². The number of para-hydroxylation sites is 1. The lowest BCUT2D eigenvalue weighted by Crippen LogP contribution is -2.39. The van der Waals surface area contributed by atoms with Crippen molar-refractivity contribution in [3.63, 3.8) is 0 Å². The van der Waals surface area contributed by atoms with Crippen molar-refractivity contribution in [1.82, 2.24) is 19.4 Å². The Labute approximate surface area is 165 Å². The number of sulfonamides is 1. The second kappa shape index (κ2) is 8.32. The highest BCUT2D eigenvalue weighted by Gasteiger charge is 2.34. The molecule has 0 aliphatic carbocycles. The number of carbonyl (C=O) groups is 1. The summed E-state index contributed by atoms with van der Waals surface area (Å²) in [6, 6.07) is 7.34. The number of rotatable bonds is 6. The largest absolute Gasteiger partial charge is 0.496 e. The first kappa shape index (κ1) is 20.3. The molecule has 152 valence electrons. The Balaban J connectivity index is 1.80. The Morgan fingerprint density at radius 3 is 2.64 bits per heavy atom. The molecule has 0 atom stereocenters. The normalized spacial score (nSPS) is 16.1. The van der Waals surface area contributed by atoms with E-state index >= 15 is 0 Å². The quantitative estimate of drug-likeness (QED) is 0.789. The van der Waals surface area contributed by atoms with Crippen molar-refractivity contribution >= 4 is 15.9 Å². The van der Waals surface area contributed by atoms with Crippen molar-refractivity contribution in [2.24, 2.45) is 13.0 Å². The summed E-state index contributed by atoms with van der Waals surface area (Å²) in [6.07, 6.45) is 3.06. The predicted octanol–water partition coefficient (Wildman–Crippen LogP) is 1.78. The van der Waals surface area contributed by atoms with E-state index in [0.717, 1.165) is 18.4 Å². The molecule has 1 saturated heterocycles. The fourth-order valence-electron chi connectivity index (χ4n) is 3.28. The standard InChI is InChI=1S/C19H26N4O4S/c1-14-8-10-23(11-9-14)28(25,26)19-16(13-22(2)21-19)18(24)20-12-15-6-4-5-7-17(15)27-3/h4-7,13-14H,8-12H2,1-3H3,(H,20,24). The Kier molecular flexibility index (Phi) is 6.04. The van der Waals surface area contributed by atoms with Crippen LogP contribution in [0.3, 0.4) is 0 Å². The molecule has 2 heterocycles. The van der Waals surface area contributed by atoms with Gasteiger partial charge in [-0.2, -0.15) is 9.40 Å². The van der Waals surface area contributed by atoms with Gasteiger partial charge in [0.25, 0.3) is 15.9 Å². The zero-order valence-electron chi connectivity index (χ0n) is 16.4. The lowest BCUT2D eigenvalue weighted by Gasteiger charge is -2.28. The van der Waals surface area contributed by atoms with Gasteiger partial charge in [0, 0.05) is 38.4 Å². The molecule has 1 aliphatic heterocycles. The van der Waals surface area contributed by atoms with Gasteiger partial charge in [-0.05, 0) is 24.8 Å². The van der Waals surface area contributed by atoms with Gasteiger partial charge in [-0.3, -0.25) is 9.48 Å². The number of carbonyl (C=O) groups excluding carboxylic acids is 1. The van der Waals surface area contributed by atoms with Gasteiger partial charge in [-0.1, -0.05) is 25.1 Å². The van der Waals surface area contributed by atoms with Gasteiger partial charge >= 0.3 is 0 Å². The van der Waals surface area contributed by atoms with Crippen LogP contribution in [0.2, 0.25) is 0 Å². The topological polar surface area (TPSA) is 93.5 Å². The molecular formula is C19H26N4O4S. The highest BCUT2D eigenvalue weighted by atomic mass is 32.2. The van der Waals surface area contributed by atoms with Crippen molar-refractivity contribution in [3.8, 4) is 5.75 Å². The van der Waals surface area contributed by atoms with Crippen LogP contribution in [0.5, 0.6) is 5.75 Å². The number of piperidine rings is 1. The first-order valence-electron chi connectivity index (χ1n) is 9.26. The van der Waals surface area contributed by atoms with E-state index in [1.165, 1.54) is 15.2 Å². The SMILES string of the molecule is COc1ccccc1CNC(=O)c1cn(C)nc1S(=O)(=O)N1CCC(C)CC1. The van der Waals surface area contributed by atoms with Gasteiger partial charge < -0.3 is 10.1 Å². The fraction of sp³-hybridized carbons (Fsp3) is 0.474. The minimum Gasteiger partial charge on any atom is -0.496 e. The minimum absolute atomic E-state index is 0.0519. The Bertz CT molecular complexity index is 947. The average molecular weight is 407 g/mol. The third-order valence-corrected chi connectivity index (χ3v) is 6.83. The van der Waals surface area contributed by atoms with Crippen molar-refractivity contribution in [2.75, 3.05) is 20.2 Å². The maximum absolute atomic E-state index is 13.1. The second-order valence-corrected chi connectivity index (χ2v) is 8.96. The van der Waals surface area contributed by atoms with Crippen LogP contribution in [-0.4, -0.2) is 48.6 Å². The van der Waals surface area contributed by atoms with E-state index in [-0.39, 0.29) is 17.1 Å². The van der Waals surface area contributed by atoms with Crippen molar-refractivity contribution in [2.45, 2.75) is 31.3 Å². The van der Waals surface area contributed by atoms with Crippen LogP contribution in [0.15, 0.2) is 35.5 Å². The molecule has 1 N–H and O–H groups in total. The zero-order chi connectivity index (χ0) is 20.3. The van der Waals surface area contributed by atoms with Gasteiger partial charge in [-0.25, -0.2) is 8.42 Å². The molecule has 0 bridgehead atoms. The maximum Gasteiger partial charge on any atom is 0.263 e. The third-order valence-electron chi connectivity index (χ3n) is 5.00. The highest BCUT2D eigenvalue weighted by molar-refractivity contribution is 7.89. The van der Waals surface area contributed by atoms with Crippen LogP contribution < -0.4 is 10.1 Å². The average Bonchev–Trinajstić information content (AvgIpc) is 3.09. The van der Waals surface area contributed by atoms with Crippen molar-refractivity contribution in [3.05, 3.63) is 41.6 Å². The first-order chi connectivity index (χ1) is 13.3. The van der Waals surface area contributed by atoms with Gasteiger partial charge in [0.15, 0.2) is 0 Å². The lowest BCUT2D eigenvalue weighted by molar-refractivity contribution is 0.0947. The summed E-state index contributed by atoms with van der Waals surface area (Å²) >= 11 is 0. The molecule has 1 amide bonds. The molecule has 1 aliphatic rings. The highest BCUT2D eigenvalue weighted by Crippen LogP contribution is 2.25. The molecule has 0 unspecified atom stereocenters. The van der Waals surface area contributed by atoms with Crippen LogP contribution in [0.25, 0.3) is 0 Å². The molecule has 8 nitrogen and oxygen atoms in total. The number of hydrogen-bond donors (Lipinski definition) is 1. The number of methoxy groups -OCH3 is 1. The Morgan fingerprint density at radius 1 is 1.29 bits per heavy atom. The summed E-state index contributed by atoms with van der Waals surface area (Å²) in [5, 5.41) is 6.67. The van der Waals surface area contributed by atoms with Crippen LogP contribution >= 0.6 is 0 Å². The monoisotopic (exact) mass is 406 g/mol. The molecule has 1 aromatic heterocycles. The second-order valence-electron chi connectivity index (χ2n) is 7.10. The van der Waals surface area contributed by atoms with Crippen LogP contribution in [0, 0.1) is 5.92 Å². The molecule has 0 radical (unpaired) electrons. The summed E-state index contributed by atoms with van der Waals surface area (Å²) in [5.74, 6) is 0.672. The van der Waals surface area contributed by atoms with E-state index in [1.807, 2.05) is 18.2 Å². The number of nitrogens with one attached hydrogen (secondary N) is 1. The zero-order valence-corrected chi connectivity index (χ0v) is 17.2. The van der Waals surface area contributed by atoms with Gasteiger partial charge in [0.05, 0.1) is 12.7 Å². The van der Waals surface area contributed by atoms with Crippen LogP contribution in [0.1, 0.15) is 35.7 Å². The fourth-order valence-corrected chi connectivity index (χ4v) is 4.87. The maximum atomic E-state index is 13.1. The summed E-state index contributed by atoms with van der Waals surface area (Å²) in [7, 11) is -0.653. The van der Waals surface area contributed by atoms with Crippen molar-refractivity contribution in [1.29, 1.82) is 0 Å². The summed E-state index contributed by atoms with van der Waals surface area (Å²) < 4.78 is 34.2. The Morgan fingerprint density at radius 2 is 1.96 bits per heavy atom.